The van der Waals surface area contributed by atoms with Crippen molar-refractivity contribution in [2.24, 2.45) is 0 Å². The summed E-state index contributed by atoms with van der Waals surface area (Å²) in [5.41, 5.74) is 0.181. The number of carboxylic acid groups (broad SMARTS) is 1. The summed E-state index contributed by atoms with van der Waals surface area (Å²) >= 11 is 0. The van der Waals surface area contributed by atoms with Gasteiger partial charge in [0.15, 0.2) is 5.65 Å². The molecule has 0 aliphatic carbocycles. The molecule has 2 aromatic rings. The topological polar surface area (TPSA) is 78.9 Å². The molecular formula is C10H8F3N3O2. The number of nitrogens with zero attached hydrogens (tertiary/aromatic N) is 2. The number of fused-ring (bicyclic) bond motifs is 1. The van der Waals surface area contributed by atoms with E-state index in [0.29, 0.717) is 0 Å². The van der Waals surface area contributed by atoms with Crippen LogP contribution in [0.3, 0.4) is 0 Å². The monoisotopic (exact) mass is 259 g/mol. The molecule has 0 aliphatic heterocycles. The highest BCUT2D eigenvalue weighted by molar-refractivity contribution is 5.99. The van der Waals surface area contributed by atoms with E-state index >= 15 is 0 Å². The fraction of sp³-hybridized carbons (Fsp3) is 0.300. The van der Waals surface area contributed by atoms with Crippen LogP contribution >= 0.6 is 0 Å². The van der Waals surface area contributed by atoms with Gasteiger partial charge in [-0.05, 0) is 6.07 Å². The molecule has 0 atom stereocenters. The number of aromatic amines is 1. The molecule has 2 heterocycles. The molecule has 0 bridgehead atoms. The Kier molecular flexibility index (Phi) is 2.93. The molecule has 0 spiro atoms. The molecule has 0 saturated heterocycles. The van der Waals surface area contributed by atoms with Crippen LogP contribution in [0.25, 0.3) is 11.2 Å². The van der Waals surface area contributed by atoms with Gasteiger partial charge in [0.2, 0.25) is 0 Å². The second kappa shape index (κ2) is 4.28. The second-order valence-electron chi connectivity index (χ2n) is 3.66. The number of imidazole rings is 1. The first-order valence-electron chi connectivity index (χ1n) is 5.00. The van der Waals surface area contributed by atoms with Gasteiger partial charge in [0.25, 0.3) is 0 Å². The molecule has 2 N–H and O–H groups in total. The zero-order chi connectivity index (χ0) is 13.3. The van der Waals surface area contributed by atoms with Crippen molar-refractivity contribution in [2.45, 2.75) is 19.0 Å². The van der Waals surface area contributed by atoms with E-state index in [-0.39, 0.29) is 29.0 Å². The van der Waals surface area contributed by atoms with Crippen LogP contribution in [0.1, 0.15) is 22.6 Å². The molecule has 18 heavy (non-hydrogen) atoms. The van der Waals surface area contributed by atoms with Gasteiger partial charge in [-0.3, -0.25) is 0 Å². The summed E-state index contributed by atoms with van der Waals surface area (Å²) in [5.74, 6) is -1.11. The number of rotatable bonds is 3. The third-order valence-corrected chi connectivity index (χ3v) is 2.32. The van der Waals surface area contributed by atoms with Crippen molar-refractivity contribution >= 4 is 17.1 Å². The summed E-state index contributed by atoms with van der Waals surface area (Å²) in [6.45, 7) is 0. The van der Waals surface area contributed by atoms with Crippen molar-refractivity contribution in [2.75, 3.05) is 0 Å². The fourth-order valence-corrected chi connectivity index (χ4v) is 1.52. The number of pyridine rings is 1. The van der Waals surface area contributed by atoms with E-state index in [1.54, 1.807) is 0 Å². The van der Waals surface area contributed by atoms with E-state index < -0.39 is 18.6 Å². The molecule has 0 unspecified atom stereocenters. The van der Waals surface area contributed by atoms with Crippen molar-refractivity contribution < 1.29 is 23.1 Å². The Balaban J connectivity index is 2.33. The lowest BCUT2D eigenvalue weighted by atomic mass is 10.2. The Labute approximate surface area is 98.7 Å². The predicted octanol–water partition coefficient (Wildman–Crippen LogP) is 2.15. The summed E-state index contributed by atoms with van der Waals surface area (Å²) in [5, 5.41) is 8.90. The summed E-state index contributed by atoms with van der Waals surface area (Å²) in [6.07, 6.45) is -4.38. The van der Waals surface area contributed by atoms with Gasteiger partial charge >= 0.3 is 12.1 Å². The normalized spacial score (nSPS) is 11.9. The number of H-pyrrole nitrogens is 1. The van der Waals surface area contributed by atoms with E-state index in [4.69, 9.17) is 5.11 Å². The van der Waals surface area contributed by atoms with E-state index in [0.717, 1.165) is 0 Å². The second-order valence-corrected chi connectivity index (χ2v) is 3.66. The maximum Gasteiger partial charge on any atom is 0.389 e. The molecule has 96 valence electrons. The number of hydrogen-bond acceptors (Lipinski definition) is 3. The van der Waals surface area contributed by atoms with Gasteiger partial charge in [0.05, 0.1) is 17.5 Å². The Bertz CT molecular complexity index is 592. The van der Waals surface area contributed by atoms with Gasteiger partial charge in [0.1, 0.15) is 5.82 Å². The Morgan fingerprint density at radius 1 is 1.44 bits per heavy atom. The number of aromatic carboxylic acids is 1. The van der Waals surface area contributed by atoms with Crippen LogP contribution in [-0.2, 0) is 6.42 Å². The smallest absolute Gasteiger partial charge is 0.389 e. The van der Waals surface area contributed by atoms with Crippen LogP contribution in [0, 0.1) is 0 Å². The molecule has 0 radical (unpaired) electrons. The zero-order valence-corrected chi connectivity index (χ0v) is 8.95. The average molecular weight is 259 g/mol. The highest BCUT2D eigenvalue weighted by Gasteiger charge is 2.27. The van der Waals surface area contributed by atoms with Crippen LogP contribution in [0.2, 0.25) is 0 Å². The van der Waals surface area contributed by atoms with E-state index in [9.17, 15) is 18.0 Å². The summed E-state index contributed by atoms with van der Waals surface area (Å²) in [6, 6.07) is 1.26. The molecule has 0 aliphatic rings. The van der Waals surface area contributed by atoms with Crippen molar-refractivity contribution in [3.63, 3.8) is 0 Å². The molecule has 2 rings (SSSR count). The van der Waals surface area contributed by atoms with Gasteiger partial charge in [-0.15, -0.1) is 0 Å². The number of nitrogens with one attached hydrogen (secondary N) is 1. The Morgan fingerprint density at radius 3 is 2.78 bits per heavy atom. The average Bonchev–Trinajstić information content (AvgIpc) is 2.67. The van der Waals surface area contributed by atoms with Gasteiger partial charge in [0, 0.05) is 12.6 Å². The van der Waals surface area contributed by atoms with Crippen molar-refractivity contribution in [3.05, 3.63) is 23.7 Å². The first-order valence-corrected chi connectivity index (χ1v) is 5.00. The number of carbonyl (C=O) groups is 1. The van der Waals surface area contributed by atoms with Gasteiger partial charge in [-0.25, -0.2) is 14.8 Å². The number of halogens is 3. The highest BCUT2D eigenvalue weighted by atomic mass is 19.4. The van der Waals surface area contributed by atoms with Crippen molar-refractivity contribution in [3.8, 4) is 0 Å². The first-order chi connectivity index (χ1) is 8.37. The maximum atomic E-state index is 12.1. The van der Waals surface area contributed by atoms with E-state index in [1.807, 2.05) is 0 Å². The van der Waals surface area contributed by atoms with Crippen LogP contribution in [0.15, 0.2) is 12.3 Å². The quantitative estimate of drug-likeness (QED) is 0.885. The SMILES string of the molecule is O=C(O)c1ccnc2nc(CCC(F)(F)F)[nH]c12. The van der Waals surface area contributed by atoms with E-state index in [2.05, 4.69) is 15.0 Å². The van der Waals surface area contributed by atoms with Gasteiger partial charge in [-0.2, -0.15) is 13.2 Å². The number of carboxylic acids is 1. The molecule has 0 amide bonds. The van der Waals surface area contributed by atoms with Gasteiger partial charge in [-0.1, -0.05) is 0 Å². The molecule has 5 nitrogen and oxygen atoms in total. The molecular weight excluding hydrogens is 251 g/mol. The molecule has 0 aromatic carbocycles. The Morgan fingerprint density at radius 2 is 2.17 bits per heavy atom. The van der Waals surface area contributed by atoms with Crippen molar-refractivity contribution in [1.82, 2.24) is 15.0 Å². The van der Waals surface area contributed by atoms with E-state index in [1.165, 1.54) is 12.3 Å². The minimum Gasteiger partial charge on any atom is -0.478 e. The number of alkyl halides is 3. The highest BCUT2D eigenvalue weighted by Crippen LogP contribution is 2.22. The molecule has 2 aromatic heterocycles. The lowest BCUT2D eigenvalue weighted by molar-refractivity contribution is -0.134. The third kappa shape index (κ3) is 2.58. The fourth-order valence-electron chi connectivity index (χ4n) is 1.52. The lowest BCUT2D eigenvalue weighted by Gasteiger charge is -2.02. The first kappa shape index (κ1) is 12.3. The van der Waals surface area contributed by atoms with Crippen LogP contribution in [0.5, 0.6) is 0 Å². The number of aryl methyl sites for hydroxylation is 1. The minimum atomic E-state index is -4.28. The lowest BCUT2D eigenvalue weighted by Crippen LogP contribution is -2.09. The summed E-state index contributed by atoms with van der Waals surface area (Å²) < 4.78 is 36.2. The number of aromatic nitrogens is 3. The molecule has 0 saturated carbocycles. The molecule has 8 heteroatoms. The van der Waals surface area contributed by atoms with Gasteiger partial charge < -0.3 is 10.1 Å². The van der Waals surface area contributed by atoms with Crippen LogP contribution in [-0.4, -0.2) is 32.2 Å². The van der Waals surface area contributed by atoms with Crippen molar-refractivity contribution in [1.29, 1.82) is 0 Å². The Hall–Kier alpha value is -2.12. The van der Waals surface area contributed by atoms with Crippen LogP contribution in [0.4, 0.5) is 13.2 Å². The summed E-state index contributed by atoms with van der Waals surface area (Å²) in [7, 11) is 0. The van der Waals surface area contributed by atoms with Crippen LogP contribution < -0.4 is 0 Å². The summed E-state index contributed by atoms with van der Waals surface area (Å²) in [4.78, 5) is 21.1. The predicted molar refractivity (Wildman–Crippen MR) is 55.2 cm³/mol. The minimum absolute atomic E-state index is 0.0641. The molecule has 0 fully saturated rings. The standard InChI is InChI=1S/C10H8F3N3O2/c11-10(12,13)3-1-6-15-7-5(9(17)18)2-4-14-8(7)16-6/h2,4H,1,3H2,(H,17,18)(H,14,15,16). The zero-order valence-electron chi connectivity index (χ0n) is 8.95. The maximum absolute atomic E-state index is 12.1. The number of hydrogen-bond donors (Lipinski definition) is 2. The largest absolute Gasteiger partial charge is 0.478 e. The third-order valence-electron chi connectivity index (χ3n) is 2.32.